The number of amides is 1. The van der Waals surface area contributed by atoms with E-state index < -0.39 is 0 Å². The van der Waals surface area contributed by atoms with Crippen LogP contribution >= 0.6 is 11.6 Å². The van der Waals surface area contributed by atoms with Crippen molar-refractivity contribution < 1.29 is 4.79 Å². The topological polar surface area (TPSA) is 65.8 Å². The van der Waals surface area contributed by atoms with Crippen molar-refractivity contribution in [2.45, 2.75) is 0 Å². The maximum atomic E-state index is 12.3. The van der Waals surface area contributed by atoms with Gasteiger partial charge in [0.2, 0.25) is 0 Å². The summed E-state index contributed by atoms with van der Waals surface area (Å²) in [6.45, 7) is 0. The van der Waals surface area contributed by atoms with Gasteiger partial charge in [-0.25, -0.2) is 0 Å². The number of fused-ring (bicyclic) bond motifs is 1. The van der Waals surface area contributed by atoms with Gasteiger partial charge in [-0.1, -0.05) is 29.8 Å². The predicted molar refractivity (Wildman–Crippen MR) is 85.9 cm³/mol. The van der Waals surface area contributed by atoms with E-state index in [1.807, 2.05) is 6.07 Å². The van der Waals surface area contributed by atoms with Gasteiger partial charge in [0.15, 0.2) is 0 Å². The molecule has 0 aliphatic heterocycles. The van der Waals surface area contributed by atoms with Crippen LogP contribution in [0.15, 0.2) is 54.7 Å². The van der Waals surface area contributed by atoms with E-state index in [4.69, 9.17) is 11.6 Å². The van der Waals surface area contributed by atoms with Crippen LogP contribution < -0.4 is 5.32 Å². The van der Waals surface area contributed by atoms with Gasteiger partial charge in [-0.15, -0.1) is 0 Å². The first-order valence-electron chi connectivity index (χ1n) is 6.54. The number of hydrogen-bond acceptors (Lipinski definition) is 3. The first-order valence-corrected chi connectivity index (χ1v) is 6.92. The zero-order chi connectivity index (χ0) is 15.5. The molecule has 106 valence electrons. The molecule has 0 saturated heterocycles. The molecule has 1 amide bonds. The zero-order valence-electron chi connectivity index (χ0n) is 11.4. The molecule has 1 heterocycles. The molecule has 0 bridgehead atoms. The molecule has 0 atom stereocenters. The Bertz CT molecular complexity index is 901. The van der Waals surface area contributed by atoms with Crippen molar-refractivity contribution in [1.29, 1.82) is 5.26 Å². The number of pyridine rings is 1. The molecule has 0 radical (unpaired) electrons. The Balaban J connectivity index is 2.10. The van der Waals surface area contributed by atoms with Crippen molar-refractivity contribution in [1.82, 2.24) is 4.98 Å². The van der Waals surface area contributed by atoms with E-state index in [0.717, 1.165) is 5.39 Å². The van der Waals surface area contributed by atoms with Crippen LogP contribution in [0.25, 0.3) is 10.8 Å². The Labute approximate surface area is 132 Å². The average Bonchev–Trinajstić information content (AvgIpc) is 2.56. The molecule has 0 unspecified atom stereocenters. The van der Waals surface area contributed by atoms with Crippen LogP contribution in [0, 0.1) is 11.3 Å². The van der Waals surface area contributed by atoms with Gasteiger partial charge in [0.1, 0.15) is 5.69 Å². The highest BCUT2D eigenvalue weighted by Gasteiger charge is 2.13. The van der Waals surface area contributed by atoms with Crippen molar-refractivity contribution in [3.8, 4) is 6.07 Å². The van der Waals surface area contributed by atoms with E-state index in [9.17, 15) is 10.1 Å². The standard InChI is InChI=1S/C17H10ClN3O/c18-13-8-7-11(10-19)16-12(13)4-3-6-14(16)21-17(22)15-5-1-2-9-20-15/h1-9H,(H,21,22). The van der Waals surface area contributed by atoms with Crippen LogP contribution in [-0.2, 0) is 0 Å². The smallest absolute Gasteiger partial charge is 0.274 e. The van der Waals surface area contributed by atoms with E-state index in [-0.39, 0.29) is 5.91 Å². The van der Waals surface area contributed by atoms with E-state index >= 15 is 0 Å². The lowest BCUT2D eigenvalue weighted by atomic mass is 10.0. The van der Waals surface area contributed by atoms with E-state index in [1.54, 1.807) is 48.7 Å². The molecule has 0 aliphatic carbocycles. The summed E-state index contributed by atoms with van der Waals surface area (Å²) in [7, 11) is 0. The maximum absolute atomic E-state index is 12.3. The summed E-state index contributed by atoms with van der Waals surface area (Å²) in [6, 6.07) is 15.9. The Kier molecular flexibility index (Phi) is 3.73. The first kappa shape index (κ1) is 14.1. The Morgan fingerprint density at radius 2 is 2.00 bits per heavy atom. The average molecular weight is 308 g/mol. The molecule has 3 aromatic rings. The zero-order valence-corrected chi connectivity index (χ0v) is 12.1. The highest BCUT2D eigenvalue weighted by Crippen LogP contribution is 2.32. The molecule has 5 heteroatoms. The number of rotatable bonds is 2. The third kappa shape index (κ3) is 2.50. The van der Waals surface area contributed by atoms with E-state index in [2.05, 4.69) is 16.4 Å². The van der Waals surface area contributed by atoms with Crippen molar-refractivity contribution >= 4 is 34.0 Å². The highest BCUT2D eigenvalue weighted by molar-refractivity contribution is 6.36. The third-order valence-corrected chi connectivity index (χ3v) is 3.58. The fourth-order valence-corrected chi connectivity index (χ4v) is 2.47. The fourth-order valence-electron chi connectivity index (χ4n) is 2.25. The van der Waals surface area contributed by atoms with Gasteiger partial charge in [-0.2, -0.15) is 5.26 Å². The summed E-state index contributed by atoms with van der Waals surface area (Å²) < 4.78 is 0. The van der Waals surface area contributed by atoms with Crippen LogP contribution in [0.1, 0.15) is 16.1 Å². The molecule has 4 nitrogen and oxygen atoms in total. The number of carbonyl (C=O) groups excluding carboxylic acids is 1. The normalized spacial score (nSPS) is 10.2. The maximum Gasteiger partial charge on any atom is 0.274 e. The number of benzene rings is 2. The number of aromatic nitrogens is 1. The molecular formula is C17H10ClN3O. The number of nitrogens with one attached hydrogen (secondary N) is 1. The number of anilines is 1. The highest BCUT2D eigenvalue weighted by atomic mass is 35.5. The molecule has 2 aromatic carbocycles. The Morgan fingerprint density at radius 1 is 1.14 bits per heavy atom. The minimum Gasteiger partial charge on any atom is -0.320 e. The first-order chi connectivity index (χ1) is 10.7. The Hall–Kier alpha value is -2.90. The number of nitrogens with zero attached hydrogens (tertiary/aromatic N) is 2. The second-order valence-corrected chi connectivity index (χ2v) is 5.01. The molecule has 0 fully saturated rings. The molecule has 3 rings (SSSR count). The molecule has 0 spiro atoms. The molecular weight excluding hydrogens is 298 g/mol. The molecule has 1 N–H and O–H groups in total. The van der Waals surface area contributed by atoms with Crippen LogP contribution in [0.3, 0.4) is 0 Å². The van der Waals surface area contributed by atoms with Crippen molar-refractivity contribution in [3.05, 3.63) is 71.0 Å². The van der Waals surface area contributed by atoms with Crippen molar-refractivity contribution in [2.24, 2.45) is 0 Å². The molecule has 22 heavy (non-hydrogen) atoms. The van der Waals surface area contributed by atoms with Crippen LogP contribution in [0.5, 0.6) is 0 Å². The minimum absolute atomic E-state index is 0.306. The summed E-state index contributed by atoms with van der Waals surface area (Å²) in [5.74, 6) is -0.336. The molecule has 0 saturated carbocycles. The minimum atomic E-state index is -0.336. The van der Waals surface area contributed by atoms with Crippen LogP contribution in [0.4, 0.5) is 5.69 Å². The molecule has 1 aromatic heterocycles. The summed E-state index contributed by atoms with van der Waals surface area (Å²) in [6.07, 6.45) is 1.55. The number of carbonyl (C=O) groups is 1. The second-order valence-electron chi connectivity index (χ2n) is 4.60. The second kappa shape index (κ2) is 5.84. The number of hydrogen-bond donors (Lipinski definition) is 1. The quantitative estimate of drug-likeness (QED) is 0.778. The largest absolute Gasteiger partial charge is 0.320 e. The van der Waals surface area contributed by atoms with Crippen molar-refractivity contribution in [2.75, 3.05) is 5.32 Å². The van der Waals surface area contributed by atoms with Gasteiger partial charge in [-0.3, -0.25) is 9.78 Å². The summed E-state index contributed by atoms with van der Waals surface area (Å²) in [5.41, 5.74) is 1.29. The van der Waals surface area contributed by atoms with Crippen molar-refractivity contribution in [3.63, 3.8) is 0 Å². The van der Waals surface area contributed by atoms with Crippen LogP contribution in [0.2, 0.25) is 5.02 Å². The monoisotopic (exact) mass is 307 g/mol. The summed E-state index contributed by atoms with van der Waals surface area (Å²) in [4.78, 5) is 16.3. The Morgan fingerprint density at radius 3 is 2.73 bits per heavy atom. The van der Waals surface area contributed by atoms with E-state index in [0.29, 0.717) is 27.4 Å². The lowest BCUT2D eigenvalue weighted by Gasteiger charge is -2.10. The number of halogens is 1. The van der Waals surface area contributed by atoms with E-state index in [1.165, 1.54) is 0 Å². The SMILES string of the molecule is N#Cc1ccc(Cl)c2cccc(NC(=O)c3ccccn3)c12. The van der Waals surface area contributed by atoms with Gasteiger partial charge >= 0.3 is 0 Å². The third-order valence-electron chi connectivity index (χ3n) is 3.25. The van der Waals surface area contributed by atoms with Gasteiger partial charge in [0, 0.05) is 22.0 Å². The fraction of sp³-hybridized carbons (Fsp3) is 0. The molecule has 0 aliphatic rings. The number of nitriles is 1. The van der Waals surface area contributed by atoms with Crippen LogP contribution in [-0.4, -0.2) is 10.9 Å². The van der Waals surface area contributed by atoms with Gasteiger partial charge in [0.05, 0.1) is 17.3 Å². The summed E-state index contributed by atoms with van der Waals surface area (Å²) in [5, 5.41) is 14.0. The van der Waals surface area contributed by atoms with Gasteiger partial charge in [-0.05, 0) is 30.3 Å². The lowest BCUT2D eigenvalue weighted by Crippen LogP contribution is -2.13. The predicted octanol–water partition coefficient (Wildman–Crippen LogP) is 4.01. The lowest BCUT2D eigenvalue weighted by molar-refractivity contribution is 0.102. The summed E-state index contributed by atoms with van der Waals surface area (Å²) >= 11 is 6.18. The van der Waals surface area contributed by atoms with Gasteiger partial charge < -0.3 is 5.32 Å². The van der Waals surface area contributed by atoms with Gasteiger partial charge in [0.25, 0.3) is 5.91 Å².